The molecule has 27 heavy (non-hydrogen) atoms. The number of methoxy groups -OCH3 is 1. The molecule has 0 saturated carbocycles. The lowest BCUT2D eigenvalue weighted by atomic mass is 10.1. The maximum absolute atomic E-state index is 12.6. The number of ether oxygens (including phenoxy) is 1. The highest BCUT2D eigenvalue weighted by Gasteiger charge is 2.10. The number of aromatic nitrogens is 2. The first-order valence-corrected chi connectivity index (χ1v) is 8.67. The summed E-state index contributed by atoms with van der Waals surface area (Å²) >= 11 is 0. The molecule has 0 saturated heterocycles. The van der Waals surface area contributed by atoms with Crippen molar-refractivity contribution in [1.82, 2.24) is 9.97 Å². The minimum atomic E-state index is -0.241. The standard InChI is InChI=1S/C21H21N3O3/c1-4-16-12-19(25)24-20(22-16)14-6-5-7-17(10-14)23-21(26)15-9-8-13(2)18(11-15)27-3/h5-12H,4H2,1-3H3,(H,23,26)(H,22,24,25). The Balaban J connectivity index is 1.87. The number of carbonyl (C=O) groups is 1. The monoisotopic (exact) mass is 363 g/mol. The number of carbonyl (C=O) groups excluding carboxylic acids is 1. The number of aryl methyl sites for hydroxylation is 2. The maximum atomic E-state index is 12.6. The predicted octanol–water partition coefficient (Wildman–Crippen LogP) is 3.57. The molecule has 0 atom stereocenters. The number of aromatic amines is 1. The van der Waals surface area contributed by atoms with Crippen LogP contribution in [0.3, 0.4) is 0 Å². The van der Waals surface area contributed by atoms with Crippen LogP contribution in [0.2, 0.25) is 0 Å². The number of hydrogen-bond donors (Lipinski definition) is 2. The van der Waals surface area contributed by atoms with Crippen LogP contribution in [0.5, 0.6) is 5.75 Å². The van der Waals surface area contributed by atoms with E-state index in [0.717, 1.165) is 16.8 Å². The fourth-order valence-electron chi connectivity index (χ4n) is 2.73. The van der Waals surface area contributed by atoms with Gasteiger partial charge >= 0.3 is 0 Å². The van der Waals surface area contributed by atoms with Gasteiger partial charge in [0.25, 0.3) is 11.5 Å². The Morgan fingerprint density at radius 2 is 2.00 bits per heavy atom. The van der Waals surface area contributed by atoms with Crippen LogP contribution in [0, 0.1) is 6.92 Å². The number of hydrogen-bond acceptors (Lipinski definition) is 4. The average Bonchev–Trinajstić information content (AvgIpc) is 2.68. The molecule has 3 rings (SSSR count). The van der Waals surface area contributed by atoms with E-state index in [9.17, 15) is 9.59 Å². The van der Waals surface area contributed by atoms with Gasteiger partial charge < -0.3 is 15.0 Å². The van der Waals surface area contributed by atoms with E-state index in [-0.39, 0.29) is 11.5 Å². The third-order valence-electron chi connectivity index (χ3n) is 4.22. The van der Waals surface area contributed by atoms with E-state index in [1.54, 1.807) is 37.4 Å². The van der Waals surface area contributed by atoms with Crippen molar-refractivity contribution in [1.29, 1.82) is 0 Å². The van der Waals surface area contributed by atoms with Crippen LogP contribution >= 0.6 is 0 Å². The number of nitrogens with one attached hydrogen (secondary N) is 2. The van der Waals surface area contributed by atoms with Crippen LogP contribution in [-0.4, -0.2) is 23.0 Å². The molecule has 0 bridgehead atoms. The van der Waals surface area contributed by atoms with Gasteiger partial charge in [-0.05, 0) is 43.2 Å². The van der Waals surface area contributed by atoms with Gasteiger partial charge in [-0.1, -0.05) is 25.1 Å². The van der Waals surface area contributed by atoms with Gasteiger partial charge in [0.1, 0.15) is 11.6 Å². The van der Waals surface area contributed by atoms with Crippen molar-refractivity contribution < 1.29 is 9.53 Å². The molecule has 1 heterocycles. The van der Waals surface area contributed by atoms with Gasteiger partial charge in [-0.15, -0.1) is 0 Å². The first-order valence-electron chi connectivity index (χ1n) is 8.67. The van der Waals surface area contributed by atoms with Crippen molar-refractivity contribution in [3.63, 3.8) is 0 Å². The summed E-state index contributed by atoms with van der Waals surface area (Å²) in [6.45, 7) is 3.86. The Bertz CT molecular complexity index is 1040. The molecule has 1 aromatic heterocycles. The zero-order valence-electron chi connectivity index (χ0n) is 15.5. The molecule has 0 spiro atoms. The Hall–Kier alpha value is -3.41. The second-order valence-corrected chi connectivity index (χ2v) is 6.16. The van der Waals surface area contributed by atoms with E-state index in [1.165, 1.54) is 6.07 Å². The number of rotatable bonds is 5. The highest BCUT2D eigenvalue weighted by molar-refractivity contribution is 6.04. The van der Waals surface area contributed by atoms with Gasteiger partial charge in [0.15, 0.2) is 0 Å². The molecule has 0 unspecified atom stereocenters. The van der Waals surface area contributed by atoms with Crippen LogP contribution in [0.15, 0.2) is 53.3 Å². The van der Waals surface area contributed by atoms with Crippen LogP contribution in [-0.2, 0) is 6.42 Å². The van der Waals surface area contributed by atoms with Crippen molar-refractivity contribution in [2.75, 3.05) is 12.4 Å². The summed E-state index contributed by atoms with van der Waals surface area (Å²) in [5, 5.41) is 2.87. The first kappa shape index (κ1) is 18.4. The Labute approximate surface area is 157 Å². The molecule has 138 valence electrons. The highest BCUT2D eigenvalue weighted by Crippen LogP contribution is 2.22. The topological polar surface area (TPSA) is 84.1 Å². The lowest BCUT2D eigenvalue weighted by molar-refractivity contribution is 0.102. The second kappa shape index (κ2) is 7.86. The smallest absolute Gasteiger partial charge is 0.255 e. The average molecular weight is 363 g/mol. The number of H-pyrrole nitrogens is 1. The molecular formula is C21H21N3O3. The van der Waals surface area contributed by atoms with E-state index in [1.807, 2.05) is 26.0 Å². The number of anilines is 1. The minimum Gasteiger partial charge on any atom is -0.496 e. The quantitative estimate of drug-likeness (QED) is 0.726. The van der Waals surface area contributed by atoms with Crippen LogP contribution < -0.4 is 15.6 Å². The van der Waals surface area contributed by atoms with Gasteiger partial charge in [-0.2, -0.15) is 0 Å². The predicted molar refractivity (Wildman–Crippen MR) is 105 cm³/mol. The largest absolute Gasteiger partial charge is 0.496 e. The zero-order valence-corrected chi connectivity index (χ0v) is 15.5. The third-order valence-corrected chi connectivity index (χ3v) is 4.22. The summed E-state index contributed by atoms with van der Waals surface area (Å²) in [5.74, 6) is 0.899. The van der Waals surface area contributed by atoms with Gasteiger partial charge in [-0.3, -0.25) is 9.59 Å². The number of amides is 1. The molecule has 0 aliphatic rings. The van der Waals surface area contributed by atoms with E-state index in [2.05, 4.69) is 15.3 Å². The fourth-order valence-corrected chi connectivity index (χ4v) is 2.73. The lowest BCUT2D eigenvalue weighted by Crippen LogP contribution is -2.13. The zero-order chi connectivity index (χ0) is 19.4. The summed E-state index contributed by atoms with van der Waals surface area (Å²) in [4.78, 5) is 31.5. The van der Waals surface area contributed by atoms with Crippen LogP contribution in [0.25, 0.3) is 11.4 Å². The Morgan fingerprint density at radius 3 is 2.74 bits per heavy atom. The summed E-state index contributed by atoms with van der Waals surface area (Å²) in [6.07, 6.45) is 0.669. The Kier molecular flexibility index (Phi) is 5.35. The van der Waals surface area contributed by atoms with E-state index in [4.69, 9.17) is 4.74 Å². The van der Waals surface area contributed by atoms with Gasteiger partial charge in [0.05, 0.1) is 7.11 Å². The van der Waals surface area contributed by atoms with Crippen molar-refractivity contribution >= 4 is 11.6 Å². The molecule has 6 heteroatoms. The summed E-state index contributed by atoms with van der Waals surface area (Å²) in [6, 6.07) is 14.0. The van der Waals surface area contributed by atoms with Gasteiger partial charge in [-0.25, -0.2) is 4.98 Å². The van der Waals surface area contributed by atoms with Crippen molar-refractivity contribution in [2.45, 2.75) is 20.3 Å². The molecule has 2 N–H and O–H groups in total. The SMILES string of the molecule is CCc1cc(=O)[nH]c(-c2cccc(NC(=O)c3ccc(C)c(OC)c3)c2)n1. The molecule has 1 amide bonds. The lowest BCUT2D eigenvalue weighted by Gasteiger charge is -2.10. The normalized spacial score (nSPS) is 10.5. The molecular weight excluding hydrogens is 342 g/mol. The molecule has 2 aromatic carbocycles. The molecule has 0 aliphatic carbocycles. The molecule has 0 fully saturated rings. The van der Waals surface area contributed by atoms with Gasteiger partial charge in [0.2, 0.25) is 0 Å². The van der Waals surface area contributed by atoms with Crippen molar-refractivity contribution in [3.8, 4) is 17.1 Å². The molecule has 3 aromatic rings. The van der Waals surface area contributed by atoms with Crippen LogP contribution in [0.1, 0.15) is 28.5 Å². The molecule has 0 radical (unpaired) electrons. The van der Waals surface area contributed by atoms with Crippen molar-refractivity contribution in [2.24, 2.45) is 0 Å². The summed E-state index contributed by atoms with van der Waals surface area (Å²) in [7, 11) is 1.58. The first-order chi connectivity index (χ1) is 13.0. The van der Waals surface area contributed by atoms with E-state index >= 15 is 0 Å². The van der Waals surface area contributed by atoms with E-state index < -0.39 is 0 Å². The highest BCUT2D eigenvalue weighted by atomic mass is 16.5. The molecule has 6 nitrogen and oxygen atoms in total. The summed E-state index contributed by atoms with van der Waals surface area (Å²) in [5.41, 5.74) is 3.32. The Morgan fingerprint density at radius 1 is 1.19 bits per heavy atom. The second-order valence-electron chi connectivity index (χ2n) is 6.16. The summed E-state index contributed by atoms with van der Waals surface area (Å²) < 4.78 is 5.27. The van der Waals surface area contributed by atoms with Crippen LogP contribution in [0.4, 0.5) is 5.69 Å². The maximum Gasteiger partial charge on any atom is 0.255 e. The van der Waals surface area contributed by atoms with Gasteiger partial charge in [0, 0.05) is 28.6 Å². The minimum absolute atomic E-state index is 0.196. The number of nitrogens with zero attached hydrogens (tertiary/aromatic N) is 1. The molecule has 0 aliphatic heterocycles. The van der Waals surface area contributed by atoms with E-state index in [0.29, 0.717) is 29.2 Å². The fraction of sp³-hybridized carbons (Fsp3) is 0.190. The number of benzene rings is 2. The van der Waals surface area contributed by atoms with Crippen molar-refractivity contribution in [3.05, 3.63) is 75.7 Å². The third kappa shape index (κ3) is 4.23.